The van der Waals surface area contributed by atoms with Crippen LogP contribution in [-0.2, 0) is 4.74 Å². The topological polar surface area (TPSA) is 60.0 Å². The summed E-state index contributed by atoms with van der Waals surface area (Å²) in [6, 6.07) is 23.7. The fourth-order valence-electron chi connectivity index (χ4n) is 3.90. The number of nitrogens with zero attached hydrogens (tertiary/aromatic N) is 1. The van der Waals surface area contributed by atoms with E-state index in [1.54, 1.807) is 13.2 Å². The number of hydrogen-bond acceptors (Lipinski definition) is 6. The van der Waals surface area contributed by atoms with Gasteiger partial charge >= 0.3 is 5.97 Å². The smallest absolute Gasteiger partial charge is 0.337 e. The molecule has 6 nitrogen and oxygen atoms in total. The summed E-state index contributed by atoms with van der Waals surface area (Å²) in [5, 5.41) is 3.58. The number of hydrogen-bond donors (Lipinski definition) is 1. The molecular weight excluding hydrogens is 404 g/mol. The molecule has 0 amide bonds. The molecule has 0 bridgehead atoms. The van der Waals surface area contributed by atoms with Crippen LogP contribution in [0.3, 0.4) is 0 Å². The maximum absolute atomic E-state index is 12.0. The Morgan fingerprint density at radius 2 is 1.91 bits per heavy atom. The van der Waals surface area contributed by atoms with Gasteiger partial charge in [-0.2, -0.15) is 0 Å². The maximum atomic E-state index is 12.0. The van der Waals surface area contributed by atoms with Crippen LogP contribution in [-0.4, -0.2) is 39.4 Å². The van der Waals surface area contributed by atoms with Crippen molar-refractivity contribution in [3.8, 4) is 11.5 Å². The first-order valence-corrected chi connectivity index (χ1v) is 10.7. The van der Waals surface area contributed by atoms with Crippen LogP contribution in [0.5, 0.6) is 11.5 Å². The zero-order valence-corrected chi connectivity index (χ0v) is 18.6. The summed E-state index contributed by atoms with van der Waals surface area (Å²) in [5.41, 5.74) is 3.58. The fraction of sp³-hybridized carbons (Fsp3) is 0.269. The van der Waals surface area contributed by atoms with E-state index in [9.17, 15) is 4.79 Å². The molecule has 0 fully saturated rings. The molecule has 1 N–H and O–H groups in total. The maximum Gasteiger partial charge on any atom is 0.337 e. The molecular formula is C26H28N2O4. The number of para-hydroxylation sites is 2. The third kappa shape index (κ3) is 4.70. The number of esters is 1. The van der Waals surface area contributed by atoms with Gasteiger partial charge in [0.1, 0.15) is 17.6 Å². The Morgan fingerprint density at radius 3 is 2.72 bits per heavy atom. The Balaban J connectivity index is 1.53. The van der Waals surface area contributed by atoms with E-state index >= 15 is 0 Å². The predicted molar refractivity (Wildman–Crippen MR) is 125 cm³/mol. The monoisotopic (exact) mass is 432 g/mol. The molecule has 2 unspecified atom stereocenters. The second-order valence-corrected chi connectivity index (χ2v) is 7.77. The number of ether oxygens (including phenoxy) is 3. The average Bonchev–Trinajstić information content (AvgIpc) is 2.86. The number of methoxy groups -OCH3 is 2. The number of rotatable bonds is 7. The van der Waals surface area contributed by atoms with Gasteiger partial charge in [-0.1, -0.05) is 30.3 Å². The molecule has 3 aromatic carbocycles. The van der Waals surface area contributed by atoms with E-state index < -0.39 is 0 Å². The molecule has 166 valence electrons. The van der Waals surface area contributed by atoms with Gasteiger partial charge in [-0.15, -0.1) is 0 Å². The van der Waals surface area contributed by atoms with Crippen LogP contribution < -0.4 is 19.7 Å². The van der Waals surface area contributed by atoms with Crippen LogP contribution in [0.4, 0.5) is 11.4 Å². The lowest BCUT2D eigenvalue weighted by Gasteiger charge is -2.37. The van der Waals surface area contributed by atoms with Gasteiger partial charge in [-0.3, -0.25) is 0 Å². The van der Waals surface area contributed by atoms with E-state index in [0.717, 1.165) is 28.4 Å². The first-order valence-electron chi connectivity index (χ1n) is 10.7. The van der Waals surface area contributed by atoms with Gasteiger partial charge in [0, 0.05) is 18.3 Å². The number of anilines is 2. The summed E-state index contributed by atoms with van der Waals surface area (Å²) in [6.07, 6.45) is -0.0697. The number of nitrogens with one attached hydrogen (secondary N) is 1. The van der Waals surface area contributed by atoms with Crippen LogP contribution in [0, 0.1) is 0 Å². The van der Waals surface area contributed by atoms with Gasteiger partial charge in [0.2, 0.25) is 0 Å². The molecule has 0 saturated heterocycles. The Labute approximate surface area is 188 Å². The van der Waals surface area contributed by atoms with Gasteiger partial charge in [-0.25, -0.2) is 4.79 Å². The Bertz CT molecular complexity index is 1080. The van der Waals surface area contributed by atoms with Crippen LogP contribution >= 0.6 is 0 Å². The summed E-state index contributed by atoms with van der Waals surface area (Å²) in [5.74, 6) is 1.32. The van der Waals surface area contributed by atoms with Crippen LogP contribution in [0.2, 0.25) is 0 Å². The quantitative estimate of drug-likeness (QED) is 0.545. The first kappa shape index (κ1) is 21.7. The van der Waals surface area contributed by atoms with Crippen molar-refractivity contribution < 1.29 is 19.0 Å². The molecule has 0 saturated carbocycles. The van der Waals surface area contributed by atoms with Crippen LogP contribution in [0.15, 0.2) is 72.8 Å². The molecule has 6 heteroatoms. The van der Waals surface area contributed by atoms with Gasteiger partial charge in [0.15, 0.2) is 0 Å². The van der Waals surface area contributed by atoms with Gasteiger partial charge in [0.05, 0.1) is 32.0 Å². The van der Waals surface area contributed by atoms with Gasteiger partial charge in [0.25, 0.3) is 0 Å². The largest absolute Gasteiger partial charge is 0.497 e. The number of fused-ring (bicyclic) bond motifs is 1. The SMILES string of the molecule is COC(=O)c1cccc(N2CC(CNC(C)c3cccc(OC)c3)Oc3ccccc32)c1. The third-order valence-electron chi connectivity index (χ3n) is 5.66. The van der Waals surface area contributed by atoms with Crippen LogP contribution in [0.1, 0.15) is 28.9 Å². The van der Waals surface area contributed by atoms with Crippen molar-refractivity contribution in [2.45, 2.75) is 19.1 Å². The highest BCUT2D eigenvalue weighted by molar-refractivity contribution is 5.91. The van der Waals surface area contributed by atoms with Crippen molar-refractivity contribution in [2.75, 3.05) is 32.2 Å². The highest BCUT2D eigenvalue weighted by Gasteiger charge is 2.27. The lowest BCUT2D eigenvalue weighted by molar-refractivity contribution is 0.0601. The van der Waals surface area contributed by atoms with E-state index in [1.807, 2.05) is 60.7 Å². The van der Waals surface area contributed by atoms with Crippen molar-refractivity contribution in [1.82, 2.24) is 5.32 Å². The molecule has 4 rings (SSSR count). The minimum Gasteiger partial charge on any atom is -0.497 e. The van der Waals surface area contributed by atoms with Crippen molar-refractivity contribution in [2.24, 2.45) is 0 Å². The molecule has 0 spiro atoms. The van der Waals surface area contributed by atoms with E-state index in [2.05, 4.69) is 23.2 Å². The molecule has 0 aliphatic carbocycles. The standard InChI is InChI=1S/C26H28N2O4/c1-18(19-8-7-11-22(15-19)30-2)27-16-23-17-28(24-12-4-5-13-25(24)32-23)21-10-6-9-20(14-21)26(29)31-3/h4-15,18,23,27H,16-17H2,1-3H3. The first-order chi connectivity index (χ1) is 15.6. The molecule has 0 aromatic heterocycles. The third-order valence-corrected chi connectivity index (χ3v) is 5.66. The van der Waals surface area contributed by atoms with Crippen molar-refractivity contribution in [3.05, 3.63) is 83.9 Å². The Kier molecular flexibility index (Phi) is 6.61. The molecule has 32 heavy (non-hydrogen) atoms. The molecule has 3 aromatic rings. The molecule has 1 aliphatic rings. The summed E-state index contributed by atoms with van der Waals surface area (Å²) in [6.45, 7) is 3.45. The summed E-state index contributed by atoms with van der Waals surface area (Å²) >= 11 is 0. The van der Waals surface area contributed by atoms with Crippen molar-refractivity contribution >= 4 is 17.3 Å². The summed E-state index contributed by atoms with van der Waals surface area (Å²) in [7, 11) is 3.07. The second-order valence-electron chi connectivity index (χ2n) is 7.77. The van der Waals surface area contributed by atoms with Crippen molar-refractivity contribution in [1.29, 1.82) is 0 Å². The Morgan fingerprint density at radius 1 is 1.09 bits per heavy atom. The normalized spacial score (nSPS) is 16.0. The lowest BCUT2D eigenvalue weighted by Crippen LogP contribution is -2.44. The van der Waals surface area contributed by atoms with Crippen molar-refractivity contribution in [3.63, 3.8) is 0 Å². The molecule has 2 atom stereocenters. The number of carbonyl (C=O) groups excluding carboxylic acids is 1. The number of benzene rings is 3. The van der Waals surface area contributed by atoms with E-state index in [1.165, 1.54) is 7.11 Å². The molecule has 0 radical (unpaired) electrons. The minimum absolute atomic E-state index is 0.0697. The Hall–Kier alpha value is -3.51. The van der Waals surface area contributed by atoms with Gasteiger partial charge in [-0.05, 0) is 55.0 Å². The summed E-state index contributed by atoms with van der Waals surface area (Å²) in [4.78, 5) is 14.2. The predicted octanol–water partition coefficient (Wildman–Crippen LogP) is 4.73. The fourth-order valence-corrected chi connectivity index (χ4v) is 3.90. The highest BCUT2D eigenvalue weighted by atomic mass is 16.5. The average molecular weight is 433 g/mol. The van der Waals surface area contributed by atoms with Crippen LogP contribution in [0.25, 0.3) is 0 Å². The van der Waals surface area contributed by atoms with E-state index in [0.29, 0.717) is 18.7 Å². The summed E-state index contributed by atoms with van der Waals surface area (Å²) < 4.78 is 16.5. The highest BCUT2D eigenvalue weighted by Crippen LogP contribution is 2.38. The number of carbonyl (C=O) groups is 1. The molecule has 1 aliphatic heterocycles. The zero-order valence-electron chi connectivity index (χ0n) is 18.6. The van der Waals surface area contributed by atoms with Gasteiger partial charge < -0.3 is 24.4 Å². The lowest BCUT2D eigenvalue weighted by atomic mass is 10.1. The van der Waals surface area contributed by atoms with E-state index in [-0.39, 0.29) is 18.1 Å². The minimum atomic E-state index is -0.348. The zero-order chi connectivity index (χ0) is 22.5. The second kappa shape index (κ2) is 9.75. The van der Waals surface area contributed by atoms with E-state index in [4.69, 9.17) is 14.2 Å². The molecule has 1 heterocycles.